The Morgan fingerprint density at radius 2 is 2.03 bits per heavy atom. The summed E-state index contributed by atoms with van der Waals surface area (Å²) < 4.78 is 10.9. The number of hydrogen-bond acceptors (Lipinski definition) is 4. The highest BCUT2D eigenvalue weighted by molar-refractivity contribution is 14.0. The Morgan fingerprint density at radius 1 is 1.24 bits per heavy atom. The van der Waals surface area contributed by atoms with E-state index in [1.54, 1.807) is 7.05 Å². The van der Waals surface area contributed by atoms with Crippen molar-refractivity contribution in [3.8, 4) is 0 Å². The third-order valence-corrected chi connectivity index (χ3v) is 4.93. The lowest BCUT2D eigenvalue weighted by Crippen LogP contribution is -2.48. The zero-order chi connectivity index (χ0) is 20.0. The largest absolute Gasteiger partial charge is 0.466 e. The smallest absolute Gasteiger partial charge is 0.310 e. The van der Waals surface area contributed by atoms with Crippen molar-refractivity contribution in [2.75, 3.05) is 46.5 Å². The number of aliphatic imine (C=N–C) groups is 1. The zero-order valence-corrected chi connectivity index (χ0v) is 20.1. The first kappa shape index (κ1) is 25.7. The summed E-state index contributed by atoms with van der Waals surface area (Å²) >= 11 is 0. The van der Waals surface area contributed by atoms with Crippen LogP contribution in [0.2, 0.25) is 0 Å². The van der Waals surface area contributed by atoms with Gasteiger partial charge >= 0.3 is 5.97 Å². The van der Waals surface area contributed by atoms with E-state index in [2.05, 4.69) is 39.5 Å². The molecule has 164 valence electrons. The molecule has 1 aliphatic heterocycles. The molecular weight excluding hydrogens is 481 g/mol. The molecule has 1 aromatic rings. The van der Waals surface area contributed by atoms with Gasteiger partial charge in [-0.3, -0.25) is 9.79 Å². The molecule has 0 bridgehead atoms. The number of benzene rings is 1. The van der Waals surface area contributed by atoms with Gasteiger partial charge in [0.2, 0.25) is 0 Å². The minimum atomic E-state index is -0.0877. The SMILES string of the molecule is CCOC(=O)C1CCCN(C(=NC)NCCCCOCCc2ccccc2)C1.I. The van der Waals surface area contributed by atoms with Gasteiger partial charge in [0.25, 0.3) is 0 Å². The lowest BCUT2D eigenvalue weighted by molar-refractivity contribution is -0.149. The standard InChI is InChI=1S/C22H35N3O3.HI/c1-3-28-21(26)20-12-9-15-25(18-20)22(23-2)24-14-7-8-16-27-17-13-19-10-5-4-6-11-19;/h4-6,10-11,20H,3,7-9,12-18H2,1-2H3,(H,23,24);1H. The topological polar surface area (TPSA) is 63.2 Å². The summed E-state index contributed by atoms with van der Waals surface area (Å²) in [4.78, 5) is 18.6. The molecule has 1 atom stereocenters. The Hall–Kier alpha value is -1.35. The number of guanidine groups is 1. The normalized spacial score (nSPS) is 16.8. The fourth-order valence-corrected chi connectivity index (χ4v) is 3.42. The van der Waals surface area contributed by atoms with Crippen LogP contribution in [0, 0.1) is 5.92 Å². The molecule has 1 fully saturated rings. The average molecular weight is 517 g/mol. The number of likely N-dealkylation sites (tertiary alicyclic amines) is 1. The van der Waals surface area contributed by atoms with Gasteiger partial charge in [-0.2, -0.15) is 0 Å². The second kappa shape index (κ2) is 15.5. The van der Waals surface area contributed by atoms with Crippen LogP contribution in [-0.2, 0) is 20.7 Å². The number of ether oxygens (including phenoxy) is 2. The maximum atomic E-state index is 12.0. The second-order valence-corrected chi connectivity index (χ2v) is 7.07. The van der Waals surface area contributed by atoms with E-state index >= 15 is 0 Å². The first-order chi connectivity index (χ1) is 13.7. The van der Waals surface area contributed by atoms with Gasteiger partial charge in [0.15, 0.2) is 5.96 Å². The number of halogens is 1. The number of hydrogen-bond donors (Lipinski definition) is 1. The fraction of sp³-hybridized carbons (Fsp3) is 0.636. The summed E-state index contributed by atoms with van der Waals surface area (Å²) in [6, 6.07) is 10.4. The highest BCUT2D eigenvalue weighted by Gasteiger charge is 2.28. The molecule has 0 aliphatic carbocycles. The molecule has 7 heteroatoms. The highest BCUT2D eigenvalue weighted by atomic mass is 127. The number of nitrogens with one attached hydrogen (secondary N) is 1. The minimum absolute atomic E-state index is 0. The number of unbranched alkanes of at least 4 members (excludes halogenated alkanes) is 1. The summed E-state index contributed by atoms with van der Waals surface area (Å²) in [7, 11) is 1.79. The van der Waals surface area contributed by atoms with Crippen LogP contribution < -0.4 is 5.32 Å². The molecule has 6 nitrogen and oxygen atoms in total. The zero-order valence-electron chi connectivity index (χ0n) is 17.8. The maximum Gasteiger partial charge on any atom is 0.310 e. The van der Waals surface area contributed by atoms with Crippen molar-refractivity contribution in [1.29, 1.82) is 0 Å². The van der Waals surface area contributed by atoms with Crippen molar-refractivity contribution >= 4 is 35.9 Å². The van der Waals surface area contributed by atoms with E-state index in [9.17, 15) is 4.79 Å². The third kappa shape index (κ3) is 9.80. The van der Waals surface area contributed by atoms with E-state index in [0.29, 0.717) is 13.2 Å². The van der Waals surface area contributed by atoms with Gasteiger partial charge in [-0.25, -0.2) is 0 Å². The molecule has 1 aromatic carbocycles. The predicted molar refractivity (Wildman–Crippen MR) is 128 cm³/mol. The molecule has 0 aromatic heterocycles. The monoisotopic (exact) mass is 517 g/mol. The van der Waals surface area contributed by atoms with E-state index in [1.807, 2.05) is 13.0 Å². The summed E-state index contributed by atoms with van der Waals surface area (Å²) in [6.07, 6.45) is 4.89. The molecule has 0 saturated carbocycles. The lowest BCUT2D eigenvalue weighted by atomic mass is 9.98. The van der Waals surface area contributed by atoms with Crippen LogP contribution >= 0.6 is 24.0 Å². The Balaban J connectivity index is 0.00000420. The molecule has 0 spiro atoms. The van der Waals surface area contributed by atoms with Crippen LogP contribution in [0.15, 0.2) is 35.3 Å². The molecular formula is C22H36IN3O3. The number of piperidine rings is 1. The molecule has 2 rings (SSSR count). The second-order valence-electron chi connectivity index (χ2n) is 7.07. The number of carbonyl (C=O) groups excluding carboxylic acids is 1. The number of carbonyl (C=O) groups is 1. The molecule has 1 aliphatic rings. The first-order valence-electron chi connectivity index (χ1n) is 10.5. The maximum absolute atomic E-state index is 12.0. The molecule has 1 heterocycles. The van der Waals surface area contributed by atoms with Crippen molar-refractivity contribution in [3.05, 3.63) is 35.9 Å². The van der Waals surface area contributed by atoms with Gasteiger partial charge in [-0.05, 0) is 44.6 Å². The van der Waals surface area contributed by atoms with Crippen molar-refractivity contribution < 1.29 is 14.3 Å². The molecule has 1 unspecified atom stereocenters. The third-order valence-electron chi connectivity index (χ3n) is 4.93. The van der Waals surface area contributed by atoms with Gasteiger partial charge in [0.1, 0.15) is 0 Å². The fourth-order valence-electron chi connectivity index (χ4n) is 3.42. The van der Waals surface area contributed by atoms with Crippen LogP contribution in [0.5, 0.6) is 0 Å². The van der Waals surface area contributed by atoms with Crippen LogP contribution in [0.3, 0.4) is 0 Å². The molecule has 29 heavy (non-hydrogen) atoms. The van der Waals surface area contributed by atoms with Crippen LogP contribution in [0.25, 0.3) is 0 Å². The van der Waals surface area contributed by atoms with Crippen molar-refractivity contribution in [1.82, 2.24) is 10.2 Å². The summed E-state index contributed by atoms with van der Waals surface area (Å²) in [6.45, 7) is 6.30. The van der Waals surface area contributed by atoms with E-state index in [-0.39, 0.29) is 35.9 Å². The lowest BCUT2D eigenvalue weighted by Gasteiger charge is -2.33. The molecule has 1 N–H and O–H groups in total. The molecule has 1 saturated heterocycles. The van der Waals surface area contributed by atoms with Crippen molar-refractivity contribution in [2.45, 2.75) is 39.0 Å². The first-order valence-corrected chi connectivity index (χ1v) is 10.5. The van der Waals surface area contributed by atoms with Gasteiger partial charge in [-0.15, -0.1) is 24.0 Å². The quantitative estimate of drug-likeness (QED) is 0.169. The Bertz CT molecular complexity index is 598. The highest BCUT2D eigenvalue weighted by Crippen LogP contribution is 2.18. The van der Waals surface area contributed by atoms with Gasteiger partial charge < -0.3 is 19.7 Å². The summed E-state index contributed by atoms with van der Waals surface area (Å²) in [5, 5.41) is 3.42. The van der Waals surface area contributed by atoms with Crippen molar-refractivity contribution in [3.63, 3.8) is 0 Å². The number of rotatable bonds is 10. The average Bonchev–Trinajstić information content (AvgIpc) is 2.74. The van der Waals surface area contributed by atoms with Crippen LogP contribution in [0.1, 0.15) is 38.2 Å². The van der Waals surface area contributed by atoms with E-state index in [1.165, 1.54) is 5.56 Å². The van der Waals surface area contributed by atoms with Gasteiger partial charge in [-0.1, -0.05) is 30.3 Å². The van der Waals surface area contributed by atoms with E-state index in [4.69, 9.17) is 9.47 Å². The molecule has 0 radical (unpaired) electrons. The molecule has 0 amide bonds. The number of nitrogens with zero attached hydrogens (tertiary/aromatic N) is 2. The van der Waals surface area contributed by atoms with E-state index < -0.39 is 0 Å². The van der Waals surface area contributed by atoms with Crippen molar-refractivity contribution in [2.24, 2.45) is 10.9 Å². The minimum Gasteiger partial charge on any atom is -0.466 e. The number of esters is 1. The Kier molecular flexibility index (Phi) is 13.7. The van der Waals surface area contributed by atoms with Crippen LogP contribution in [-0.4, -0.2) is 63.3 Å². The Labute approximate surface area is 192 Å². The summed E-state index contributed by atoms with van der Waals surface area (Å²) in [5.74, 6) is 0.736. The predicted octanol–water partition coefficient (Wildman–Crippen LogP) is 3.49. The summed E-state index contributed by atoms with van der Waals surface area (Å²) in [5.41, 5.74) is 1.32. The van der Waals surface area contributed by atoms with E-state index in [0.717, 1.165) is 64.4 Å². The van der Waals surface area contributed by atoms with Gasteiger partial charge in [0.05, 0.1) is 19.1 Å². The Morgan fingerprint density at radius 3 is 2.76 bits per heavy atom. The van der Waals surface area contributed by atoms with Gasteiger partial charge in [0, 0.05) is 33.3 Å². The van der Waals surface area contributed by atoms with Crippen LogP contribution in [0.4, 0.5) is 0 Å².